The van der Waals surface area contributed by atoms with E-state index in [-0.39, 0.29) is 31.9 Å². The number of amides is 1. The smallest absolute Gasteiger partial charge is 0.410 e. The molecule has 0 heterocycles. The number of carbonyl (C=O) groups is 2. The molecule has 0 spiro atoms. The first-order chi connectivity index (χ1) is 15.5. The van der Waals surface area contributed by atoms with Gasteiger partial charge in [0, 0.05) is 6.54 Å². The molecule has 10 nitrogen and oxygen atoms in total. The lowest BCUT2D eigenvalue weighted by atomic mass is 9.97. The molecule has 1 amide bonds. The monoisotopic (exact) mass is 441 g/mol. The van der Waals surface area contributed by atoms with Gasteiger partial charge in [-0.25, -0.2) is 15.1 Å². The Bertz CT molecular complexity index is 894. The van der Waals surface area contributed by atoms with Gasteiger partial charge in [-0.15, -0.1) is 0 Å². The van der Waals surface area contributed by atoms with Crippen LogP contribution in [0.15, 0.2) is 65.8 Å². The van der Waals surface area contributed by atoms with E-state index in [4.69, 9.17) is 26.1 Å². The van der Waals surface area contributed by atoms with Gasteiger partial charge in [0.1, 0.15) is 18.4 Å². The van der Waals surface area contributed by atoms with Crippen molar-refractivity contribution in [2.24, 2.45) is 16.8 Å². The second kappa shape index (κ2) is 12.8. The van der Waals surface area contributed by atoms with Gasteiger partial charge >= 0.3 is 12.1 Å². The van der Waals surface area contributed by atoms with Crippen molar-refractivity contribution in [2.75, 3.05) is 19.7 Å². The third-order valence-electron chi connectivity index (χ3n) is 4.62. The molecule has 0 aliphatic rings. The Hall–Kier alpha value is -3.79. The fraction of sp³-hybridized carbons (Fsp3) is 0.318. The number of aliphatic hydroxyl groups excluding tert-OH is 1. The molecule has 1 unspecified atom stereocenters. The molecular weight excluding hydrogens is 414 g/mol. The lowest BCUT2D eigenvalue weighted by Crippen LogP contribution is -2.55. The molecular formula is C22H27N5O5. The summed E-state index contributed by atoms with van der Waals surface area (Å²) in [6, 6.07) is 15.8. The highest BCUT2D eigenvalue weighted by Gasteiger charge is 2.40. The first-order valence-electron chi connectivity index (χ1n) is 10.00. The van der Waals surface area contributed by atoms with E-state index in [0.29, 0.717) is 0 Å². The Morgan fingerprint density at radius 3 is 2.28 bits per heavy atom. The predicted octanol–water partition coefficient (Wildman–Crippen LogP) is 2.56. The Kier molecular flexibility index (Phi) is 9.79. The van der Waals surface area contributed by atoms with Crippen LogP contribution in [0.4, 0.5) is 4.79 Å². The summed E-state index contributed by atoms with van der Waals surface area (Å²) in [7, 11) is 0. The van der Waals surface area contributed by atoms with Gasteiger partial charge in [0.15, 0.2) is 0 Å². The van der Waals surface area contributed by atoms with E-state index in [1.54, 1.807) is 54.6 Å². The number of nitrogens with zero attached hydrogens (tertiary/aromatic N) is 2. The van der Waals surface area contributed by atoms with Crippen LogP contribution in [0, 0.1) is 16.9 Å². The second-order valence-corrected chi connectivity index (χ2v) is 6.89. The summed E-state index contributed by atoms with van der Waals surface area (Å²) >= 11 is 0. The molecule has 0 aliphatic carbocycles. The molecule has 0 saturated carbocycles. The van der Waals surface area contributed by atoms with Crippen LogP contribution < -0.4 is 10.5 Å². The number of ether oxygens (including phenoxy) is 2. The van der Waals surface area contributed by atoms with Crippen LogP contribution in [0.3, 0.4) is 0 Å². The second-order valence-electron chi connectivity index (χ2n) is 6.89. The fourth-order valence-electron chi connectivity index (χ4n) is 3.01. The SMILES string of the molecule is N=NCCCN(C(=O)OCc1ccccc1)[C@H](C(=O)Oc1ccccc1)C(CO)C(=N)N. The summed E-state index contributed by atoms with van der Waals surface area (Å²) < 4.78 is 10.8. The number of hydrogen-bond acceptors (Lipinski definition) is 8. The largest absolute Gasteiger partial charge is 0.445 e. The van der Waals surface area contributed by atoms with Crippen molar-refractivity contribution < 1.29 is 24.2 Å². The van der Waals surface area contributed by atoms with Gasteiger partial charge in [0.25, 0.3) is 0 Å². The zero-order chi connectivity index (χ0) is 23.3. The number of nitrogens with one attached hydrogen (secondary N) is 2. The first-order valence-corrected chi connectivity index (χ1v) is 10.00. The van der Waals surface area contributed by atoms with Crippen molar-refractivity contribution in [2.45, 2.75) is 19.1 Å². The van der Waals surface area contributed by atoms with Gasteiger partial charge in [0.05, 0.1) is 24.9 Å². The molecule has 2 aromatic carbocycles. The van der Waals surface area contributed by atoms with E-state index in [1.807, 2.05) is 6.07 Å². The van der Waals surface area contributed by atoms with Crippen LogP contribution in [0.2, 0.25) is 0 Å². The molecule has 0 fully saturated rings. The van der Waals surface area contributed by atoms with Gasteiger partial charge in [0.2, 0.25) is 0 Å². The molecule has 2 atom stereocenters. The lowest BCUT2D eigenvalue weighted by molar-refractivity contribution is -0.141. The quantitative estimate of drug-likeness (QED) is 0.0988. The van der Waals surface area contributed by atoms with Crippen molar-refractivity contribution in [3.05, 3.63) is 66.2 Å². The molecule has 2 aromatic rings. The summed E-state index contributed by atoms with van der Waals surface area (Å²) in [6.07, 6.45) is -0.580. The number of hydrogen-bond donors (Lipinski definition) is 4. The van der Waals surface area contributed by atoms with Crippen LogP contribution >= 0.6 is 0 Å². The highest BCUT2D eigenvalue weighted by atomic mass is 16.6. The molecule has 2 rings (SSSR count). The first kappa shape index (κ1) is 24.5. The van der Waals surface area contributed by atoms with E-state index in [0.717, 1.165) is 10.5 Å². The van der Waals surface area contributed by atoms with Gasteiger partial charge < -0.3 is 20.3 Å². The number of esters is 1. The lowest BCUT2D eigenvalue weighted by Gasteiger charge is -2.33. The predicted molar refractivity (Wildman–Crippen MR) is 116 cm³/mol. The Balaban J connectivity index is 2.30. The standard InChI is InChI=1S/C22H27N5O5/c23-20(24)18(14-28)19(21(29)32-17-10-5-2-6-11-17)27(13-7-12-26-25)22(30)31-15-16-8-3-1-4-9-16/h1-6,8-11,18-19,25,28H,7,12-15H2,(H3,23,24)/t18?,19-/m0/s1. The van der Waals surface area contributed by atoms with Crippen molar-refractivity contribution in [3.63, 3.8) is 0 Å². The zero-order valence-corrected chi connectivity index (χ0v) is 17.5. The summed E-state index contributed by atoms with van der Waals surface area (Å²) in [5.74, 6) is -2.32. The number of rotatable bonds is 12. The van der Waals surface area contributed by atoms with Crippen LogP contribution in [0.5, 0.6) is 5.75 Å². The van der Waals surface area contributed by atoms with E-state index in [2.05, 4.69) is 5.11 Å². The summed E-state index contributed by atoms with van der Waals surface area (Å²) in [5, 5.41) is 20.9. The number of benzene rings is 2. The maximum atomic E-state index is 13.1. The van der Waals surface area contributed by atoms with Gasteiger partial charge in [-0.3, -0.25) is 10.3 Å². The van der Waals surface area contributed by atoms with E-state index in [1.165, 1.54) is 0 Å². The summed E-state index contributed by atoms with van der Waals surface area (Å²) in [5.41, 5.74) is 13.4. The minimum absolute atomic E-state index is 0.0195. The molecule has 0 saturated heterocycles. The van der Waals surface area contributed by atoms with Crippen LogP contribution in [0.25, 0.3) is 0 Å². The van der Waals surface area contributed by atoms with Crippen LogP contribution in [-0.2, 0) is 16.1 Å². The minimum atomic E-state index is -1.41. The molecule has 0 radical (unpaired) electrons. The van der Waals surface area contributed by atoms with Crippen molar-refractivity contribution >= 4 is 17.9 Å². The maximum absolute atomic E-state index is 13.1. The Labute approximate surface area is 186 Å². The third kappa shape index (κ3) is 7.17. The summed E-state index contributed by atoms with van der Waals surface area (Å²) in [6.45, 7) is -0.598. The fourth-order valence-corrected chi connectivity index (χ4v) is 3.01. The number of amidine groups is 1. The maximum Gasteiger partial charge on any atom is 0.410 e. The minimum Gasteiger partial charge on any atom is -0.445 e. The van der Waals surface area contributed by atoms with Crippen LogP contribution in [0.1, 0.15) is 12.0 Å². The van der Waals surface area contributed by atoms with E-state index < -0.39 is 36.5 Å². The number of para-hydroxylation sites is 1. The molecule has 0 bridgehead atoms. The van der Waals surface area contributed by atoms with E-state index in [9.17, 15) is 14.7 Å². The zero-order valence-electron chi connectivity index (χ0n) is 17.5. The number of aliphatic hydroxyl groups is 1. The third-order valence-corrected chi connectivity index (χ3v) is 4.62. The topological polar surface area (TPSA) is 162 Å². The van der Waals surface area contributed by atoms with Crippen LogP contribution in [-0.4, -0.2) is 53.6 Å². The molecule has 170 valence electrons. The van der Waals surface area contributed by atoms with Crippen molar-refractivity contribution in [3.8, 4) is 5.75 Å². The van der Waals surface area contributed by atoms with E-state index >= 15 is 0 Å². The highest BCUT2D eigenvalue weighted by Crippen LogP contribution is 2.19. The summed E-state index contributed by atoms with van der Waals surface area (Å²) in [4.78, 5) is 27.1. The molecule has 0 aromatic heterocycles. The van der Waals surface area contributed by atoms with Gasteiger partial charge in [-0.05, 0) is 24.1 Å². The Morgan fingerprint density at radius 1 is 1.09 bits per heavy atom. The normalized spacial score (nSPS) is 12.3. The Morgan fingerprint density at radius 2 is 1.72 bits per heavy atom. The van der Waals surface area contributed by atoms with Crippen molar-refractivity contribution in [1.29, 1.82) is 10.9 Å². The van der Waals surface area contributed by atoms with Crippen molar-refractivity contribution in [1.82, 2.24) is 4.90 Å². The number of nitrogens with two attached hydrogens (primary N) is 1. The number of carbonyl (C=O) groups excluding carboxylic acids is 2. The molecule has 0 aliphatic heterocycles. The molecule has 5 N–H and O–H groups in total. The average Bonchev–Trinajstić information content (AvgIpc) is 2.80. The molecule has 32 heavy (non-hydrogen) atoms. The van der Waals surface area contributed by atoms with Gasteiger partial charge in [-0.1, -0.05) is 48.5 Å². The highest BCUT2D eigenvalue weighted by molar-refractivity contribution is 5.91. The van der Waals surface area contributed by atoms with Gasteiger partial charge in [-0.2, -0.15) is 5.11 Å². The molecule has 10 heteroatoms. The average molecular weight is 441 g/mol.